The van der Waals surface area contributed by atoms with Gasteiger partial charge in [0.25, 0.3) is 5.91 Å². The first kappa shape index (κ1) is 15.1. The van der Waals surface area contributed by atoms with Crippen molar-refractivity contribution < 1.29 is 19.1 Å². The Bertz CT molecular complexity index is 711. The third-order valence-corrected chi connectivity index (χ3v) is 3.63. The van der Waals surface area contributed by atoms with Crippen LogP contribution in [-0.2, 0) is 16.1 Å². The second-order valence-electron chi connectivity index (χ2n) is 5.13. The van der Waals surface area contributed by atoms with Crippen molar-refractivity contribution in [1.82, 2.24) is 15.1 Å². The minimum Gasteiger partial charge on any atom is -0.477 e. The van der Waals surface area contributed by atoms with Crippen LogP contribution in [0, 0.1) is 0 Å². The largest absolute Gasteiger partial charge is 0.477 e. The zero-order valence-corrected chi connectivity index (χ0v) is 12.7. The van der Waals surface area contributed by atoms with Crippen LogP contribution in [0.5, 0.6) is 5.88 Å². The lowest BCUT2D eigenvalue weighted by atomic mass is 10.1. The number of nitrogens with zero attached hydrogens (tertiary/aromatic N) is 2. The Hall–Kier alpha value is -2.83. The Balaban J connectivity index is 1.84. The standard InChI is InChI=1S/C16H17N3O4/c1-22-16(21)13(11-6-3-2-4-7-11)18-14(20)12-10-17-19-8-5-9-23-15(12)19/h2-4,6-7,10,13H,5,8-9H2,1H3,(H,18,20). The number of esters is 1. The molecule has 1 unspecified atom stereocenters. The molecule has 1 amide bonds. The highest BCUT2D eigenvalue weighted by atomic mass is 16.5. The number of carbonyl (C=O) groups is 2. The van der Waals surface area contributed by atoms with Crippen LogP contribution in [0.4, 0.5) is 0 Å². The van der Waals surface area contributed by atoms with E-state index in [4.69, 9.17) is 9.47 Å². The maximum absolute atomic E-state index is 12.5. The first-order valence-electron chi connectivity index (χ1n) is 7.33. The van der Waals surface area contributed by atoms with Crippen LogP contribution < -0.4 is 10.1 Å². The van der Waals surface area contributed by atoms with E-state index in [1.165, 1.54) is 13.3 Å². The number of hydrogen-bond donors (Lipinski definition) is 1. The van der Waals surface area contributed by atoms with Crippen LogP contribution in [0.3, 0.4) is 0 Å². The highest BCUT2D eigenvalue weighted by Gasteiger charge is 2.27. The van der Waals surface area contributed by atoms with Gasteiger partial charge in [-0.15, -0.1) is 0 Å². The minimum atomic E-state index is -0.882. The first-order chi connectivity index (χ1) is 11.2. The van der Waals surface area contributed by atoms with Crippen molar-refractivity contribution >= 4 is 11.9 Å². The normalized spacial score (nSPS) is 14.3. The summed E-state index contributed by atoms with van der Waals surface area (Å²) < 4.78 is 12.0. The SMILES string of the molecule is COC(=O)C(NC(=O)c1cnn2c1OCCC2)c1ccccc1. The van der Waals surface area contributed by atoms with Crippen LogP contribution in [-0.4, -0.2) is 35.4 Å². The smallest absolute Gasteiger partial charge is 0.333 e. The molecule has 7 nitrogen and oxygen atoms in total. The molecule has 0 saturated carbocycles. The fraction of sp³-hybridized carbons (Fsp3) is 0.312. The van der Waals surface area contributed by atoms with E-state index in [2.05, 4.69) is 10.4 Å². The van der Waals surface area contributed by atoms with Crippen molar-refractivity contribution in [2.45, 2.75) is 19.0 Å². The minimum absolute atomic E-state index is 0.314. The predicted molar refractivity (Wildman–Crippen MR) is 81.0 cm³/mol. The molecular weight excluding hydrogens is 298 g/mol. The lowest BCUT2D eigenvalue weighted by molar-refractivity contribution is -0.143. The number of benzene rings is 1. The van der Waals surface area contributed by atoms with Gasteiger partial charge in [-0.2, -0.15) is 5.10 Å². The summed E-state index contributed by atoms with van der Waals surface area (Å²) in [4.78, 5) is 24.5. The summed E-state index contributed by atoms with van der Waals surface area (Å²) in [5.74, 6) is -0.524. The van der Waals surface area contributed by atoms with E-state index in [1.54, 1.807) is 28.9 Å². The van der Waals surface area contributed by atoms with Gasteiger partial charge in [0.15, 0.2) is 6.04 Å². The monoisotopic (exact) mass is 315 g/mol. The molecule has 3 rings (SSSR count). The summed E-state index contributed by atoms with van der Waals surface area (Å²) in [7, 11) is 1.29. The lowest BCUT2D eigenvalue weighted by Crippen LogP contribution is -2.34. The Morgan fingerprint density at radius 3 is 2.87 bits per heavy atom. The molecule has 0 spiro atoms. The topological polar surface area (TPSA) is 82.5 Å². The fourth-order valence-electron chi connectivity index (χ4n) is 2.48. The van der Waals surface area contributed by atoms with Crippen LogP contribution in [0.2, 0.25) is 0 Å². The van der Waals surface area contributed by atoms with Gasteiger partial charge < -0.3 is 14.8 Å². The van der Waals surface area contributed by atoms with Crippen molar-refractivity contribution in [2.75, 3.05) is 13.7 Å². The van der Waals surface area contributed by atoms with Crippen LogP contribution in [0.25, 0.3) is 0 Å². The lowest BCUT2D eigenvalue weighted by Gasteiger charge is -2.18. The highest BCUT2D eigenvalue weighted by molar-refractivity contribution is 5.98. The molecule has 0 saturated heterocycles. The van der Waals surface area contributed by atoms with Gasteiger partial charge in [-0.05, 0) is 5.56 Å². The molecule has 1 aromatic heterocycles. The number of fused-ring (bicyclic) bond motifs is 1. The number of nitrogens with one attached hydrogen (secondary N) is 1. The molecule has 1 aliphatic rings. The Labute approximate surface area is 133 Å². The summed E-state index contributed by atoms with van der Waals surface area (Å²) in [6.45, 7) is 1.26. The molecule has 0 bridgehead atoms. The predicted octanol–water partition coefficient (Wildman–Crippen LogP) is 1.31. The second-order valence-corrected chi connectivity index (χ2v) is 5.13. The van der Waals surface area contributed by atoms with Gasteiger partial charge >= 0.3 is 5.97 Å². The van der Waals surface area contributed by atoms with Crippen molar-refractivity contribution in [1.29, 1.82) is 0 Å². The highest BCUT2D eigenvalue weighted by Crippen LogP contribution is 2.23. The zero-order chi connectivity index (χ0) is 16.2. The maximum Gasteiger partial charge on any atom is 0.333 e. The number of aryl methyl sites for hydroxylation is 1. The fourth-order valence-corrected chi connectivity index (χ4v) is 2.48. The molecule has 2 heterocycles. The van der Waals surface area contributed by atoms with E-state index in [1.807, 2.05) is 6.07 Å². The molecule has 0 radical (unpaired) electrons. The number of aromatic nitrogens is 2. The molecule has 0 fully saturated rings. The molecule has 23 heavy (non-hydrogen) atoms. The van der Waals surface area contributed by atoms with E-state index in [0.29, 0.717) is 30.2 Å². The third-order valence-electron chi connectivity index (χ3n) is 3.63. The first-order valence-corrected chi connectivity index (χ1v) is 7.33. The van der Waals surface area contributed by atoms with Crippen molar-refractivity contribution in [3.05, 3.63) is 47.7 Å². The summed E-state index contributed by atoms with van der Waals surface area (Å²) in [5.41, 5.74) is 0.962. The van der Waals surface area contributed by atoms with Gasteiger partial charge in [-0.3, -0.25) is 4.79 Å². The Morgan fingerprint density at radius 1 is 1.35 bits per heavy atom. The number of carbonyl (C=O) groups excluding carboxylic acids is 2. The van der Waals surface area contributed by atoms with Gasteiger partial charge in [-0.25, -0.2) is 9.48 Å². The third kappa shape index (κ3) is 3.03. The molecule has 1 aromatic carbocycles. The van der Waals surface area contributed by atoms with E-state index in [9.17, 15) is 9.59 Å². The van der Waals surface area contributed by atoms with E-state index < -0.39 is 17.9 Å². The van der Waals surface area contributed by atoms with Crippen LogP contribution in [0.15, 0.2) is 36.5 Å². The van der Waals surface area contributed by atoms with Crippen LogP contribution >= 0.6 is 0 Å². The van der Waals surface area contributed by atoms with Crippen molar-refractivity contribution in [3.63, 3.8) is 0 Å². The number of methoxy groups -OCH3 is 1. The van der Waals surface area contributed by atoms with E-state index in [0.717, 1.165) is 6.42 Å². The van der Waals surface area contributed by atoms with E-state index >= 15 is 0 Å². The van der Waals surface area contributed by atoms with Gasteiger partial charge in [0.1, 0.15) is 5.56 Å². The second kappa shape index (κ2) is 6.51. The number of rotatable bonds is 4. The summed E-state index contributed by atoms with van der Waals surface area (Å²) >= 11 is 0. The van der Waals surface area contributed by atoms with Gasteiger partial charge in [-0.1, -0.05) is 30.3 Å². The van der Waals surface area contributed by atoms with Gasteiger partial charge in [0.05, 0.1) is 19.9 Å². The summed E-state index contributed by atoms with van der Waals surface area (Å²) in [6.07, 6.45) is 2.31. The van der Waals surface area contributed by atoms with Crippen molar-refractivity contribution in [2.24, 2.45) is 0 Å². The van der Waals surface area contributed by atoms with E-state index in [-0.39, 0.29) is 0 Å². The quantitative estimate of drug-likeness (QED) is 0.860. The molecule has 2 aromatic rings. The molecule has 1 aliphatic heterocycles. The Morgan fingerprint density at radius 2 is 2.13 bits per heavy atom. The number of hydrogen-bond acceptors (Lipinski definition) is 5. The zero-order valence-electron chi connectivity index (χ0n) is 12.7. The average Bonchev–Trinajstić information content (AvgIpc) is 3.04. The van der Waals surface area contributed by atoms with Crippen molar-refractivity contribution in [3.8, 4) is 5.88 Å². The summed E-state index contributed by atoms with van der Waals surface area (Å²) in [5, 5.41) is 6.83. The Kier molecular flexibility index (Phi) is 4.27. The molecule has 1 atom stereocenters. The summed E-state index contributed by atoms with van der Waals surface area (Å²) in [6, 6.07) is 8.05. The van der Waals surface area contributed by atoms with Gasteiger partial charge in [0, 0.05) is 13.0 Å². The molecule has 120 valence electrons. The molecule has 7 heteroatoms. The molecular formula is C16H17N3O4. The average molecular weight is 315 g/mol. The van der Waals surface area contributed by atoms with Gasteiger partial charge in [0.2, 0.25) is 5.88 Å². The maximum atomic E-state index is 12.5. The number of ether oxygens (including phenoxy) is 2. The molecule has 1 N–H and O–H groups in total. The van der Waals surface area contributed by atoms with Crippen LogP contribution in [0.1, 0.15) is 28.4 Å². The number of amides is 1. The molecule has 0 aliphatic carbocycles.